The van der Waals surface area contributed by atoms with Crippen molar-refractivity contribution in [2.45, 2.75) is 26.2 Å². The Morgan fingerprint density at radius 1 is 0.541 bits per heavy atom. The van der Waals surface area contributed by atoms with E-state index in [1.807, 2.05) is 43.3 Å². The van der Waals surface area contributed by atoms with Crippen LogP contribution in [0.2, 0.25) is 0 Å². The molecule has 0 bridgehead atoms. The zero-order valence-corrected chi connectivity index (χ0v) is 20.8. The van der Waals surface area contributed by atoms with E-state index in [1.165, 1.54) is 0 Å². The van der Waals surface area contributed by atoms with Gasteiger partial charge < -0.3 is 24.7 Å². The highest BCUT2D eigenvalue weighted by molar-refractivity contribution is 5.68. The van der Waals surface area contributed by atoms with Crippen molar-refractivity contribution < 1.29 is 28.5 Å². The first-order chi connectivity index (χ1) is 17.7. The molecule has 0 aliphatic carbocycles. The maximum Gasteiger partial charge on any atom is 0.519 e. The van der Waals surface area contributed by atoms with Crippen LogP contribution in [-0.4, -0.2) is 12.3 Å². The third-order valence-corrected chi connectivity index (χ3v) is 5.86. The average Bonchev–Trinajstić information content (AvgIpc) is 2.87. The molecule has 0 aliphatic rings. The first-order valence-corrected chi connectivity index (χ1v) is 11.6. The number of hydrogen-bond donors (Lipinski definition) is 1. The summed E-state index contributed by atoms with van der Waals surface area (Å²) in [7, 11) is 0. The van der Waals surface area contributed by atoms with E-state index in [4.69, 9.17) is 24.7 Å². The number of rotatable bonds is 6. The van der Waals surface area contributed by atoms with E-state index in [-0.39, 0.29) is 5.41 Å². The van der Waals surface area contributed by atoms with Gasteiger partial charge in [-0.15, -0.1) is 0 Å². The van der Waals surface area contributed by atoms with Gasteiger partial charge in [0.25, 0.3) is 0 Å². The number of anilines is 1. The van der Waals surface area contributed by atoms with Gasteiger partial charge in [-0.25, -0.2) is 9.59 Å². The molecule has 7 heteroatoms. The van der Waals surface area contributed by atoms with Gasteiger partial charge >= 0.3 is 12.3 Å². The molecule has 37 heavy (non-hydrogen) atoms. The number of ether oxygens (including phenoxy) is 4. The van der Waals surface area contributed by atoms with Gasteiger partial charge in [-0.1, -0.05) is 55.8 Å². The molecular weight excluding hydrogens is 470 g/mol. The molecule has 188 valence electrons. The molecule has 4 aromatic carbocycles. The Morgan fingerprint density at radius 3 is 1.19 bits per heavy atom. The van der Waals surface area contributed by atoms with Gasteiger partial charge in [0, 0.05) is 11.1 Å². The van der Waals surface area contributed by atoms with Crippen molar-refractivity contribution in [2.24, 2.45) is 0 Å². The zero-order valence-electron chi connectivity index (χ0n) is 20.8. The van der Waals surface area contributed by atoms with Gasteiger partial charge in [-0.2, -0.15) is 0 Å². The lowest BCUT2D eigenvalue weighted by atomic mass is 9.78. The fourth-order valence-electron chi connectivity index (χ4n) is 3.61. The second-order valence-electron chi connectivity index (χ2n) is 8.96. The molecule has 0 fully saturated rings. The smallest absolute Gasteiger partial charge is 0.399 e. The molecule has 0 saturated heterocycles. The monoisotopic (exact) mass is 497 g/mol. The van der Waals surface area contributed by atoms with Crippen molar-refractivity contribution >= 4 is 18.0 Å². The Bertz CT molecular complexity index is 1250. The van der Waals surface area contributed by atoms with Gasteiger partial charge in [0.1, 0.15) is 23.0 Å². The molecule has 4 aromatic rings. The van der Waals surface area contributed by atoms with Crippen LogP contribution in [0.15, 0.2) is 97.1 Å². The number of nitrogens with two attached hydrogens (primary N) is 1. The predicted molar refractivity (Wildman–Crippen MR) is 140 cm³/mol. The number of hydrogen-bond acceptors (Lipinski definition) is 7. The molecule has 4 rings (SSSR count). The van der Waals surface area contributed by atoms with E-state index in [0.29, 0.717) is 28.7 Å². The molecule has 0 atom stereocenters. The molecule has 0 radical (unpaired) electrons. The quantitative estimate of drug-likeness (QED) is 0.173. The molecule has 0 heterocycles. The van der Waals surface area contributed by atoms with E-state index in [1.54, 1.807) is 60.7 Å². The van der Waals surface area contributed by atoms with Crippen molar-refractivity contribution in [1.29, 1.82) is 0 Å². The molecule has 0 spiro atoms. The Hall–Kier alpha value is -4.78. The molecule has 7 nitrogen and oxygen atoms in total. The van der Waals surface area contributed by atoms with Crippen molar-refractivity contribution in [3.05, 3.63) is 114 Å². The molecule has 0 aromatic heterocycles. The van der Waals surface area contributed by atoms with Crippen molar-refractivity contribution in [2.75, 3.05) is 5.73 Å². The van der Waals surface area contributed by atoms with Crippen molar-refractivity contribution in [1.82, 2.24) is 0 Å². The van der Waals surface area contributed by atoms with Crippen LogP contribution in [0.5, 0.6) is 23.0 Å². The minimum atomic E-state index is -0.840. The summed E-state index contributed by atoms with van der Waals surface area (Å²) in [6.45, 7) is 6.09. The van der Waals surface area contributed by atoms with E-state index in [2.05, 4.69) is 13.8 Å². The van der Waals surface area contributed by atoms with Crippen LogP contribution in [0, 0.1) is 6.92 Å². The molecular formula is C30H27NO6. The van der Waals surface area contributed by atoms with Gasteiger partial charge in [-0.3, -0.25) is 0 Å². The third-order valence-electron chi connectivity index (χ3n) is 5.86. The van der Waals surface area contributed by atoms with Crippen LogP contribution in [0.4, 0.5) is 15.3 Å². The second kappa shape index (κ2) is 10.9. The summed E-state index contributed by atoms with van der Waals surface area (Å²) in [6.07, 6.45) is -1.64. The van der Waals surface area contributed by atoms with Gasteiger partial charge in [-0.05, 0) is 78.7 Å². The standard InChI is InChI=1S/C30H27NO6/c1-20-4-12-24(13-5-20)34-28(32)35-25-14-6-21(7-15-25)30(2,3)22-8-16-26(17-9-22)36-29(33)37-27-18-10-23(31)11-19-27/h4-19H,31H2,1-3H3. The Morgan fingerprint density at radius 2 is 0.838 bits per heavy atom. The number of aryl methyl sites for hydroxylation is 1. The average molecular weight is 498 g/mol. The summed E-state index contributed by atoms with van der Waals surface area (Å²) in [5, 5.41) is 0. The van der Waals surface area contributed by atoms with Crippen LogP contribution < -0.4 is 24.7 Å². The predicted octanol–water partition coefficient (Wildman–Crippen LogP) is 7.06. The maximum atomic E-state index is 12.1. The van der Waals surface area contributed by atoms with E-state index in [0.717, 1.165) is 16.7 Å². The molecule has 0 saturated carbocycles. The highest BCUT2D eigenvalue weighted by atomic mass is 16.7. The van der Waals surface area contributed by atoms with Crippen LogP contribution in [0.1, 0.15) is 30.5 Å². The minimum Gasteiger partial charge on any atom is -0.399 e. The zero-order chi connectivity index (χ0) is 26.4. The van der Waals surface area contributed by atoms with E-state index < -0.39 is 12.3 Å². The fourth-order valence-corrected chi connectivity index (χ4v) is 3.61. The van der Waals surface area contributed by atoms with Crippen LogP contribution in [-0.2, 0) is 5.41 Å². The van der Waals surface area contributed by atoms with Crippen molar-refractivity contribution in [3.8, 4) is 23.0 Å². The van der Waals surface area contributed by atoms with Gasteiger partial charge in [0.15, 0.2) is 0 Å². The lowest BCUT2D eigenvalue weighted by molar-refractivity contribution is 0.150. The largest absolute Gasteiger partial charge is 0.519 e. The Labute approximate surface area is 215 Å². The number of carbonyl (C=O) groups is 2. The molecule has 0 unspecified atom stereocenters. The van der Waals surface area contributed by atoms with Crippen LogP contribution >= 0.6 is 0 Å². The summed E-state index contributed by atoms with van der Waals surface area (Å²) in [4.78, 5) is 24.2. The van der Waals surface area contributed by atoms with E-state index >= 15 is 0 Å². The lowest BCUT2D eigenvalue weighted by Gasteiger charge is -2.26. The maximum absolute atomic E-state index is 12.1. The normalized spacial score (nSPS) is 10.9. The SMILES string of the molecule is Cc1ccc(OC(=O)Oc2ccc(C(C)(C)c3ccc(OC(=O)Oc4ccc(N)cc4)cc3)cc2)cc1. The highest BCUT2D eigenvalue weighted by Crippen LogP contribution is 2.33. The van der Waals surface area contributed by atoms with Gasteiger partial charge in [0.05, 0.1) is 0 Å². The van der Waals surface area contributed by atoms with E-state index in [9.17, 15) is 9.59 Å². The number of nitrogen functional groups attached to an aromatic ring is 1. The first-order valence-electron chi connectivity index (χ1n) is 11.6. The highest BCUT2D eigenvalue weighted by Gasteiger charge is 2.23. The molecule has 2 N–H and O–H groups in total. The third kappa shape index (κ3) is 6.67. The second-order valence-corrected chi connectivity index (χ2v) is 8.96. The number of carbonyl (C=O) groups excluding carboxylic acids is 2. The summed E-state index contributed by atoms with van der Waals surface area (Å²) in [6, 6.07) is 28.0. The van der Waals surface area contributed by atoms with Crippen LogP contribution in [0.25, 0.3) is 0 Å². The summed E-state index contributed by atoms with van der Waals surface area (Å²) in [5.74, 6) is 1.49. The van der Waals surface area contributed by atoms with Gasteiger partial charge in [0.2, 0.25) is 0 Å². The first kappa shape index (κ1) is 25.3. The van der Waals surface area contributed by atoms with Crippen LogP contribution in [0.3, 0.4) is 0 Å². The Balaban J connectivity index is 1.35. The number of benzene rings is 4. The Kier molecular flexibility index (Phi) is 7.44. The minimum absolute atomic E-state index is 0.341. The fraction of sp³-hybridized carbons (Fsp3) is 0.133. The molecule has 0 amide bonds. The summed E-state index contributed by atoms with van der Waals surface area (Å²) in [5.41, 5.74) is 8.90. The lowest BCUT2D eigenvalue weighted by Crippen LogP contribution is -2.19. The molecule has 0 aliphatic heterocycles. The summed E-state index contributed by atoms with van der Waals surface area (Å²) < 4.78 is 20.9. The topological polar surface area (TPSA) is 97.1 Å². The summed E-state index contributed by atoms with van der Waals surface area (Å²) >= 11 is 0. The van der Waals surface area contributed by atoms with Crippen molar-refractivity contribution in [3.63, 3.8) is 0 Å².